The summed E-state index contributed by atoms with van der Waals surface area (Å²) in [5.74, 6) is 0.349. The second-order valence-corrected chi connectivity index (χ2v) is 3.36. The predicted molar refractivity (Wildman–Crippen MR) is 43.9 cm³/mol. The van der Waals surface area contributed by atoms with Crippen LogP contribution in [0.2, 0.25) is 0 Å². The third-order valence-corrected chi connectivity index (χ3v) is 2.87. The maximum absolute atomic E-state index is 10.4. The van der Waals surface area contributed by atoms with E-state index in [4.69, 9.17) is 11.6 Å². The number of halogens is 1. The number of dihydropyridines is 1. The van der Waals surface area contributed by atoms with Crippen LogP contribution in [0.1, 0.15) is 12.8 Å². The molecule has 0 bridgehead atoms. The van der Waals surface area contributed by atoms with Crippen molar-refractivity contribution >= 4 is 24.1 Å². The van der Waals surface area contributed by atoms with Crippen molar-refractivity contribution in [2.24, 2.45) is 10.9 Å². The van der Waals surface area contributed by atoms with Gasteiger partial charge in [0.1, 0.15) is 0 Å². The Kier molecular flexibility index (Phi) is 1.57. The van der Waals surface area contributed by atoms with Crippen LogP contribution in [0, 0.1) is 5.92 Å². The molecule has 58 valence electrons. The molecule has 1 aliphatic heterocycles. The molecule has 2 nitrogen and oxygen atoms in total. The molecular formula is C8H8ClNO. The summed E-state index contributed by atoms with van der Waals surface area (Å²) in [6.07, 6.45) is 4.57. The Bertz CT molecular complexity index is 257. The summed E-state index contributed by atoms with van der Waals surface area (Å²) in [7, 11) is 0. The Labute approximate surface area is 70.0 Å². The van der Waals surface area contributed by atoms with Crippen LogP contribution in [0.25, 0.3) is 0 Å². The average Bonchev–Trinajstić information content (AvgIpc) is 1.93. The van der Waals surface area contributed by atoms with Crippen LogP contribution in [-0.2, 0) is 4.79 Å². The van der Waals surface area contributed by atoms with E-state index in [-0.39, 0.29) is 0 Å². The zero-order chi connectivity index (χ0) is 7.84. The van der Waals surface area contributed by atoms with Gasteiger partial charge in [0.25, 0.3) is 0 Å². The van der Waals surface area contributed by atoms with Crippen LogP contribution in [-0.4, -0.2) is 18.5 Å². The maximum Gasteiger partial charge on any atom is 0.152 e. The van der Waals surface area contributed by atoms with Crippen LogP contribution < -0.4 is 0 Å². The Morgan fingerprint density at radius 1 is 1.64 bits per heavy atom. The Morgan fingerprint density at radius 2 is 2.45 bits per heavy atom. The molecule has 0 aromatic carbocycles. The van der Waals surface area contributed by atoms with E-state index in [1.165, 1.54) is 0 Å². The van der Waals surface area contributed by atoms with Gasteiger partial charge < -0.3 is 0 Å². The molecule has 1 aliphatic carbocycles. The molecule has 11 heavy (non-hydrogen) atoms. The van der Waals surface area contributed by atoms with Gasteiger partial charge in [-0.3, -0.25) is 9.79 Å². The van der Waals surface area contributed by atoms with Crippen molar-refractivity contribution in [2.75, 3.05) is 0 Å². The van der Waals surface area contributed by atoms with Crippen LogP contribution in [0.15, 0.2) is 15.6 Å². The number of carbonyl (C=O) groups excluding carboxylic acids is 1. The fourth-order valence-electron chi connectivity index (χ4n) is 1.49. The van der Waals surface area contributed by atoms with Crippen molar-refractivity contribution in [3.05, 3.63) is 10.6 Å². The van der Waals surface area contributed by atoms with Crippen LogP contribution >= 0.6 is 11.6 Å². The Balaban J connectivity index is 2.31. The lowest BCUT2D eigenvalue weighted by Crippen LogP contribution is -2.33. The molecule has 2 aliphatic rings. The van der Waals surface area contributed by atoms with E-state index in [1.807, 2.05) is 0 Å². The fourth-order valence-corrected chi connectivity index (χ4v) is 1.84. The summed E-state index contributed by atoms with van der Waals surface area (Å²) in [5, 5.41) is 0.714. The quantitative estimate of drug-likeness (QED) is 0.548. The lowest BCUT2D eigenvalue weighted by atomic mass is 9.77. The number of nitrogens with zero attached hydrogens (tertiary/aromatic N) is 1. The molecule has 3 heteroatoms. The van der Waals surface area contributed by atoms with Gasteiger partial charge in [-0.15, -0.1) is 0 Å². The summed E-state index contributed by atoms with van der Waals surface area (Å²) < 4.78 is 0. The minimum Gasteiger partial charge on any atom is -0.298 e. The molecule has 0 aromatic rings. The Hall–Kier alpha value is -0.630. The lowest BCUT2D eigenvalue weighted by Gasteiger charge is -2.35. The van der Waals surface area contributed by atoms with Crippen molar-refractivity contribution in [1.29, 1.82) is 0 Å². The van der Waals surface area contributed by atoms with Gasteiger partial charge in [-0.2, -0.15) is 0 Å². The highest BCUT2D eigenvalue weighted by Crippen LogP contribution is 2.40. The molecule has 0 N–H and O–H groups in total. The molecule has 0 aromatic heterocycles. The first kappa shape index (κ1) is 7.04. The fraction of sp³-hybridized carbons (Fsp3) is 0.500. The largest absolute Gasteiger partial charge is 0.298 e. The van der Waals surface area contributed by atoms with Gasteiger partial charge in [-0.1, -0.05) is 11.6 Å². The first-order valence-corrected chi connectivity index (χ1v) is 4.08. The van der Waals surface area contributed by atoms with Crippen molar-refractivity contribution in [1.82, 2.24) is 0 Å². The first-order chi connectivity index (χ1) is 5.33. The van der Waals surface area contributed by atoms with E-state index < -0.39 is 0 Å². The second kappa shape index (κ2) is 2.45. The van der Waals surface area contributed by atoms with Crippen molar-refractivity contribution < 1.29 is 4.79 Å². The summed E-state index contributed by atoms with van der Waals surface area (Å²) in [6.45, 7) is 0. The van der Waals surface area contributed by atoms with Crippen molar-refractivity contribution in [3.63, 3.8) is 0 Å². The molecule has 0 radical (unpaired) electrons. The number of aldehydes is 1. The molecule has 1 fully saturated rings. The molecule has 0 saturated heterocycles. The monoisotopic (exact) mass is 169 g/mol. The zero-order valence-corrected chi connectivity index (χ0v) is 6.71. The minimum absolute atomic E-state index is 0.349. The molecular weight excluding hydrogens is 162 g/mol. The van der Waals surface area contributed by atoms with E-state index >= 15 is 0 Å². The minimum atomic E-state index is 0.349. The molecule has 0 spiro atoms. The molecule has 2 atom stereocenters. The normalized spacial score (nSPS) is 34.6. The van der Waals surface area contributed by atoms with E-state index in [0.29, 0.717) is 22.6 Å². The molecule has 2 unspecified atom stereocenters. The summed E-state index contributed by atoms with van der Waals surface area (Å²) in [6, 6.07) is 0.367. The number of hydrogen-bond donors (Lipinski definition) is 0. The lowest BCUT2D eigenvalue weighted by molar-refractivity contribution is -0.104. The number of allylic oxidation sites excluding steroid dienone is 1. The van der Waals surface area contributed by atoms with Gasteiger partial charge >= 0.3 is 0 Å². The molecule has 2 rings (SSSR count). The van der Waals surface area contributed by atoms with E-state index in [0.717, 1.165) is 19.1 Å². The maximum atomic E-state index is 10.4. The topological polar surface area (TPSA) is 29.4 Å². The third-order valence-electron chi connectivity index (χ3n) is 2.37. The van der Waals surface area contributed by atoms with Gasteiger partial charge in [0, 0.05) is 22.7 Å². The number of fused-ring (bicyclic) bond motifs is 1. The SMILES string of the molecule is O=CC1=C(Cl)C2CCC2N=C1. The molecule has 0 amide bonds. The number of hydrogen-bond acceptors (Lipinski definition) is 2. The highest BCUT2D eigenvalue weighted by molar-refractivity contribution is 6.34. The number of aliphatic imine (C=N–C) groups is 1. The van der Waals surface area contributed by atoms with Gasteiger partial charge in [-0.05, 0) is 12.8 Å². The van der Waals surface area contributed by atoms with Crippen LogP contribution in [0.4, 0.5) is 0 Å². The second-order valence-electron chi connectivity index (χ2n) is 2.95. The van der Waals surface area contributed by atoms with Gasteiger partial charge in [-0.25, -0.2) is 0 Å². The van der Waals surface area contributed by atoms with Crippen LogP contribution in [0.5, 0.6) is 0 Å². The van der Waals surface area contributed by atoms with Gasteiger partial charge in [0.2, 0.25) is 0 Å². The third kappa shape index (κ3) is 0.932. The Morgan fingerprint density at radius 3 is 3.00 bits per heavy atom. The average molecular weight is 170 g/mol. The van der Waals surface area contributed by atoms with Gasteiger partial charge in [0.05, 0.1) is 6.04 Å². The first-order valence-electron chi connectivity index (χ1n) is 3.71. The number of rotatable bonds is 1. The van der Waals surface area contributed by atoms with E-state index in [1.54, 1.807) is 6.21 Å². The zero-order valence-electron chi connectivity index (χ0n) is 5.96. The van der Waals surface area contributed by atoms with E-state index in [9.17, 15) is 4.79 Å². The van der Waals surface area contributed by atoms with Crippen LogP contribution in [0.3, 0.4) is 0 Å². The summed E-state index contributed by atoms with van der Waals surface area (Å²) in [5.41, 5.74) is 0.563. The summed E-state index contributed by atoms with van der Waals surface area (Å²) in [4.78, 5) is 14.6. The summed E-state index contributed by atoms with van der Waals surface area (Å²) >= 11 is 5.94. The highest BCUT2D eigenvalue weighted by Gasteiger charge is 2.35. The smallest absolute Gasteiger partial charge is 0.152 e. The number of carbonyl (C=O) groups is 1. The predicted octanol–water partition coefficient (Wildman–Crippen LogP) is 1.54. The highest BCUT2D eigenvalue weighted by atomic mass is 35.5. The van der Waals surface area contributed by atoms with E-state index in [2.05, 4.69) is 4.99 Å². The molecule has 1 saturated carbocycles. The van der Waals surface area contributed by atoms with Crippen molar-refractivity contribution in [2.45, 2.75) is 18.9 Å². The van der Waals surface area contributed by atoms with Crippen molar-refractivity contribution in [3.8, 4) is 0 Å². The van der Waals surface area contributed by atoms with Gasteiger partial charge in [0.15, 0.2) is 6.29 Å². The molecule has 1 heterocycles. The standard InChI is InChI=1S/C8H8ClNO/c9-8-5(4-11)3-10-7-2-1-6(7)8/h3-4,6-7H,1-2H2.